The van der Waals surface area contributed by atoms with Crippen molar-refractivity contribution in [2.75, 3.05) is 17.2 Å². The summed E-state index contributed by atoms with van der Waals surface area (Å²) in [6.45, 7) is 5.18. The van der Waals surface area contributed by atoms with Crippen molar-refractivity contribution in [1.29, 1.82) is 0 Å². The molecule has 0 aliphatic heterocycles. The van der Waals surface area contributed by atoms with Gasteiger partial charge in [-0.1, -0.05) is 19.9 Å². The van der Waals surface area contributed by atoms with Crippen molar-refractivity contribution in [2.45, 2.75) is 13.8 Å². The van der Waals surface area contributed by atoms with Gasteiger partial charge >= 0.3 is 6.03 Å². The van der Waals surface area contributed by atoms with Crippen LogP contribution in [-0.4, -0.2) is 12.6 Å². The summed E-state index contributed by atoms with van der Waals surface area (Å²) in [5.74, 6) is 0.581. The molecule has 0 atom stereocenters. The Hall–Kier alpha value is -1.71. The fourth-order valence-electron chi connectivity index (χ4n) is 1.17. The molecule has 0 bridgehead atoms. The van der Waals surface area contributed by atoms with Crippen molar-refractivity contribution in [3.63, 3.8) is 0 Å². The fourth-order valence-corrected chi connectivity index (χ4v) is 1.17. The van der Waals surface area contributed by atoms with Crippen LogP contribution in [0.25, 0.3) is 0 Å². The molecule has 0 aromatic heterocycles. The van der Waals surface area contributed by atoms with E-state index in [1.165, 1.54) is 0 Å². The van der Waals surface area contributed by atoms with Gasteiger partial charge in [-0.05, 0) is 24.1 Å². The third-order valence-electron chi connectivity index (χ3n) is 1.84. The normalized spacial score (nSPS) is 10.1. The van der Waals surface area contributed by atoms with Crippen molar-refractivity contribution in [3.8, 4) is 0 Å². The summed E-state index contributed by atoms with van der Waals surface area (Å²) in [6, 6.07) is 6.93. The Morgan fingerprint density at radius 2 is 2.07 bits per heavy atom. The molecular formula is C11H17N3O. The van der Waals surface area contributed by atoms with Crippen LogP contribution in [0.15, 0.2) is 24.3 Å². The smallest absolute Gasteiger partial charge is 0.316 e. The summed E-state index contributed by atoms with van der Waals surface area (Å²) in [5, 5.41) is 5.80. The minimum atomic E-state index is -0.545. The Balaban J connectivity index is 2.61. The van der Waals surface area contributed by atoms with Gasteiger partial charge in [0.25, 0.3) is 0 Å². The maximum atomic E-state index is 10.6. The number of rotatable bonds is 4. The van der Waals surface area contributed by atoms with E-state index in [0.29, 0.717) is 11.6 Å². The van der Waals surface area contributed by atoms with Crippen LogP contribution in [0.4, 0.5) is 16.2 Å². The molecule has 1 rings (SSSR count). The molecule has 0 aliphatic rings. The molecule has 1 aromatic carbocycles. The van der Waals surface area contributed by atoms with Crippen molar-refractivity contribution in [3.05, 3.63) is 24.3 Å². The number of carbonyl (C=O) groups is 1. The number of hydrogen-bond acceptors (Lipinski definition) is 2. The lowest BCUT2D eigenvalue weighted by Crippen LogP contribution is -2.19. The maximum Gasteiger partial charge on any atom is 0.316 e. The fraction of sp³-hybridized carbons (Fsp3) is 0.364. The quantitative estimate of drug-likeness (QED) is 0.708. The van der Waals surface area contributed by atoms with Gasteiger partial charge in [0.2, 0.25) is 0 Å². The zero-order valence-electron chi connectivity index (χ0n) is 9.08. The first-order chi connectivity index (χ1) is 7.08. The number of carbonyl (C=O) groups excluding carboxylic acids is 1. The minimum absolute atomic E-state index is 0.545. The molecule has 0 aliphatic carbocycles. The highest BCUT2D eigenvalue weighted by Crippen LogP contribution is 2.15. The molecule has 2 amide bonds. The van der Waals surface area contributed by atoms with Crippen LogP contribution in [0, 0.1) is 5.92 Å². The van der Waals surface area contributed by atoms with Crippen LogP contribution in [0.3, 0.4) is 0 Å². The first-order valence-corrected chi connectivity index (χ1v) is 4.98. The molecule has 0 spiro atoms. The molecule has 15 heavy (non-hydrogen) atoms. The molecule has 1 aromatic rings. The van der Waals surface area contributed by atoms with Crippen LogP contribution >= 0.6 is 0 Å². The zero-order valence-corrected chi connectivity index (χ0v) is 9.08. The largest absolute Gasteiger partial charge is 0.385 e. The van der Waals surface area contributed by atoms with Crippen LogP contribution in [0.5, 0.6) is 0 Å². The van der Waals surface area contributed by atoms with Gasteiger partial charge in [0.15, 0.2) is 0 Å². The van der Waals surface area contributed by atoms with Crippen molar-refractivity contribution in [2.24, 2.45) is 11.7 Å². The summed E-state index contributed by atoms with van der Waals surface area (Å²) in [7, 11) is 0. The van der Waals surface area contributed by atoms with E-state index >= 15 is 0 Å². The van der Waals surface area contributed by atoms with E-state index < -0.39 is 6.03 Å². The molecule has 4 nitrogen and oxygen atoms in total. The van der Waals surface area contributed by atoms with Crippen LogP contribution in [0.1, 0.15) is 13.8 Å². The first-order valence-electron chi connectivity index (χ1n) is 4.98. The van der Waals surface area contributed by atoms with Gasteiger partial charge in [-0.15, -0.1) is 0 Å². The lowest BCUT2D eigenvalue weighted by Gasteiger charge is -2.10. The van der Waals surface area contributed by atoms with E-state index in [-0.39, 0.29) is 0 Å². The molecule has 4 heteroatoms. The second-order valence-electron chi connectivity index (χ2n) is 3.84. The second kappa shape index (κ2) is 5.24. The average molecular weight is 207 g/mol. The predicted molar refractivity (Wildman–Crippen MR) is 63.0 cm³/mol. The summed E-state index contributed by atoms with van der Waals surface area (Å²) < 4.78 is 0. The van der Waals surface area contributed by atoms with Gasteiger partial charge in [0.05, 0.1) is 0 Å². The number of primary amides is 1. The lowest BCUT2D eigenvalue weighted by atomic mass is 10.2. The highest BCUT2D eigenvalue weighted by Gasteiger charge is 1.98. The summed E-state index contributed by atoms with van der Waals surface area (Å²) in [5.41, 5.74) is 6.71. The van der Waals surface area contributed by atoms with Gasteiger partial charge in [-0.2, -0.15) is 0 Å². The van der Waals surface area contributed by atoms with Crippen LogP contribution in [-0.2, 0) is 0 Å². The lowest BCUT2D eigenvalue weighted by molar-refractivity contribution is 0.259. The topological polar surface area (TPSA) is 67.2 Å². The maximum absolute atomic E-state index is 10.6. The van der Waals surface area contributed by atoms with Crippen molar-refractivity contribution >= 4 is 17.4 Å². The van der Waals surface area contributed by atoms with Crippen molar-refractivity contribution in [1.82, 2.24) is 0 Å². The van der Waals surface area contributed by atoms with Gasteiger partial charge in [-0.3, -0.25) is 0 Å². The number of benzene rings is 1. The van der Waals surface area contributed by atoms with Gasteiger partial charge in [0, 0.05) is 17.9 Å². The average Bonchev–Trinajstić information content (AvgIpc) is 2.14. The number of nitrogens with one attached hydrogen (secondary N) is 2. The molecule has 0 radical (unpaired) electrons. The monoisotopic (exact) mass is 207 g/mol. The highest BCUT2D eigenvalue weighted by molar-refractivity contribution is 5.88. The van der Waals surface area contributed by atoms with Crippen molar-refractivity contribution < 1.29 is 4.79 Å². The summed E-state index contributed by atoms with van der Waals surface area (Å²) in [4.78, 5) is 10.6. The van der Waals surface area contributed by atoms with Gasteiger partial charge in [-0.25, -0.2) is 4.79 Å². The molecular weight excluding hydrogens is 190 g/mol. The number of urea groups is 1. The van der Waals surface area contributed by atoms with Crippen LogP contribution < -0.4 is 16.4 Å². The van der Waals surface area contributed by atoms with E-state index in [0.717, 1.165) is 12.2 Å². The molecule has 0 unspecified atom stereocenters. The minimum Gasteiger partial charge on any atom is -0.385 e. The van der Waals surface area contributed by atoms with Gasteiger partial charge in [0.1, 0.15) is 0 Å². The molecule has 0 saturated carbocycles. The van der Waals surface area contributed by atoms with E-state index in [1.54, 1.807) is 6.07 Å². The van der Waals surface area contributed by atoms with E-state index in [9.17, 15) is 4.79 Å². The van der Waals surface area contributed by atoms with E-state index in [2.05, 4.69) is 24.5 Å². The second-order valence-corrected chi connectivity index (χ2v) is 3.84. The van der Waals surface area contributed by atoms with Crippen LogP contribution in [0.2, 0.25) is 0 Å². The standard InChI is InChI=1S/C11H17N3O/c1-8(2)7-13-9-4-3-5-10(6-9)14-11(12)15/h3-6,8,13H,7H2,1-2H3,(H3,12,14,15). The Labute approximate surface area is 89.9 Å². The van der Waals surface area contributed by atoms with E-state index in [1.807, 2.05) is 18.2 Å². The summed E-state index contributed by atoms with van der Waals surface area (Å²) >= 11 is 0. The number of anilines is 2. The Morgan fingerprint density at radius 3 is 2.67 bits per heavy atom. The summed E-state index contributed by atoms with van der Waals surface area (Å²) in [6.07, 6.45) is 0. The Bertz CT molecular complexity index is 336. The Kier molecular flexibility index (Phi) is 3.97. The third kappa shape index (κ3) is 4.35. The van der Waals surface area contributed by atoms with Gasteiger partial charge < -0.3 is 16.4 Å². The molecule has 4 N–H and O–H groups in total. The number of hydrogen-bond donors (Lipinski definition) is 3. The Morgan fingerprint density at radius 1 is 1.40 bits per heavy atom. The molecule has 82 valence electrons. The zero-order chi connectivity index (χ0) is 11.3. The first kappa shape index (κ1) is 11.4. The third-order valence-corrected chi connectivity index (χ3v) is 1.84. The van der Waals surface area contributed by atoms with E-state index in [4.69, 9.17) is 5.73 Å². The predicted octanol–water partition coefficient (Wildman–Crippen LogP) is 2.25. The SMILES string of the molecule is CC(C)CNc1cccc(NC(N)=O)c1. The number of amides is 2. The molecule has 0 fully saturated rings. The molecule has 0 heterocycles. The highest BCUT2D eigenvalue weighted by atomic mass is 16.2. The number of nitrogens with two attached hydrogens (primary N) is 1. The molecule has 0 saturated heterocycles.